The van der Waals surface area contributed by atoms with Gasteiger partial charge < -0.3 is 11.1 Å². The Labute approximate surface area is 128 Å². The molecular weight excluding hydrogens is 260 g/mol. The first-order valence-corrected chi connectivity index (χ1v) is 8.31. The van der Waals surface area contributed by atoms with Gasteiger partial charge in [-0.05, 0) is 49.3 Å². The third-order valence-corrected chi connectivity index (χ3v) is 4.52. The van der Waals surface area contributed by atoms with Crippen molar-refractivity contribution in [2.75, 3.05) is 6.54 Å². The molecule has 3 nitrogen and oxygen atoms in total. The maximum absolute atomic E-state index is 12.2. The van der Waals surface area contributed by atoms with Gasteiger partial charge in [0.2, 0.25) is 5.91 Å². The lowest BCUT2D eigenvalue weighted by molar-refractivity contribution is -0.122. The molecule has 3 N–H and O–H groups in total. The van der Waals surface area contributed by atoms with Crippen LogP contribution < -0.4 is 11.1 Å². The lowest BCUT2D eigenvalue weighted by Crippen LogP contribution is -2.27. The Morgan fingerprint density at radius 3 is 2.90 bits per heavy atom. The highest BCUT2D eigenvalue weighted by Crippen LogP contribution is 2.30. The van der Waals surface area contributed by atoms with Gasteiger partial charge in [0.1, 0.15) is 0 Å². The Morgan fingerprint density at radius 1 is 1.33 bits per heavy atom. The molecule has 0 fully saturated rings. The van der Waals surface area contributed by atoms with Crippen LogP contribution >= 0.6 is 0 Å². The molecule has 21 heavy (non-hydrogen) atoms. The topological polar surface area (TPSA) is 55.1 Å². The first-order valence-electron chi connectivity index (χ1n) is 8.31. The third kappa shape index (κ3) is 4.57. The van der Waals surface area contributed by atoms with E-state index in [-0.39, 0.29) is 11.9 Å². The van der Waals surface area contributed by atoms with Crippen molar-refractivity contribution in [2.24, 2.45) is 11.7 Å². The van der Waals surface area contributed by atoms with E-state index in [0.717, 1.165) is 32.2 Å². The fourth-order valence-electron chi connectivity index (χ4n) is 3.39. The highest BCUT2D eigenvalue weighted by molar-refractivity contribution is 5.76. The standard InChI is InChI=1S/C18H28N2O/c1-2-5-14(12-13-19)8-11-18(21)20-17-10-9-15-6-3-4-7-16(15)17/h3-4,6-7,14,17H,2,5,8-13,19H2,1H3,(H,20,21). The summed E-state index contributed by atoms with van der Waals surface area (Å²) in [6.07, 6.45) is 7.08. The van der Waals surface area contributed by atoms with Crippen LogP contribution in [0.25, 0.3) is 0 Å². The minimum atomic E-state index is 0.190. The minimum Gasteiger partial charge on any atom is -0.349 e. The molecule has 0 radical (unpaired) electrons. The van der Waals surface area contributed by atoms with Crippen LogP contribution in [0.1, 0.15) is 62.6 Å². The van der Waals surface area contributed by atoms with Crippen LogP contribution in [0.15, 0.2) is 24.3 Å². The van der Waals surface area contributed by atoms with Crippen molar-refractivity contribution in [1.82, 2.24) is 5.32 Å². The van der Waals surface area contributed by atoms with E-state index in [1.165, 1.54) is 24.0 Å². The number of amides is 1. The van der Waals surface area contributed by atoms with Crippen LogP contribution in [0, 0.1) is 5.92 Å². The van der Waals surface area contributed by atoms with Crippen molar-refractivity contribution < 1.29 is 4.79 Å². The SMILES string of the molecule is CCCC(CCN)CCC(=O)NC1CCc2ccccc21. The van der Waals surface area contributed by atoms with Gasteiger partial charge in [-0.25, -0.2) is 0 Å². The van der Waals surface area contributed by atoms with Gasteiger partial charge in [-0.3, -0.25) is 4.79 Å². The van der Waals surface area contributed by atoms with E-state index in [4.69, 9.17) is 5.73 Å². The van der Waals surface area contributed by atoms with Crippen molar-refractivity contribution >= 4 is 5.91 Å². The van der Waals surface area contributed by atoms with Gasteiger partial charge in [0, 0.05) is 6.42 Å². The van der Waals surface area contributed by atoms with Crippen molar-refractivity contribution in [3.8, 4) is 0 Å². The Kier molecular flexibility index (Phi) is 6.24. The number of aryl methyl sites for hydroxylation is 1. The van der Waals surface area contributed by atoms with Crippen molar-refractivity contribution in [3.63, 3.8) is 0 Å². The molecule has 2 rings (SSSR count). The molecule has 1 aromatic rings. The number of hydrogen-bond donors (Lipinski definition) is 2. The number of nitrogens with two attached hydrogens (primary N) is 1. The second-order valence-electron chi connectivity index (χ2n) is 6.13. The first-order chi connectivity index (χ1) is 10.2. The van der Waals surface area contributed by atoms with Gasteiger partial charge in [-0.15, -0.1) is 0 Å². The van der Waals surface area contributed by atoms with Crippen molar-refractivity contribution in [3.05, 3.63) is 35.4 Å². The lowest BCUT2D eigenvalue weighted by Gasteiger charge is -2.17. The molecule has 0 bridgehead atoms. The second kappa shape index (κ2) is 8.18. The van der Waals surface area contributed by atoms with E-state index in [0.29, 0.717) is 12.3 Å². The predicted molar refractivity (Wildman–Crippen MR) is 87.0 cm³/mol. The summed E-state index contributed by atoms with van der Waals surface area (Å²) in [5.74, 6) is 0.788. The number of hydrogen-bond acceptors (Lipinski definition) is 2. The highest BCUT2D eigenvalue weighted by Gasteiger charge is 2.23. The number of benzene rings is 1. The molecule has 3 heteroatoms. The molecule has 0 spiro atoms. The molecule has 0 heterocycles. The zero-order valence-electron chi connectivity index (χ0n) is 13.1. The van der Waals surface area contributed by atoms with E-state index in [9.17, 15) is 4.79 Å². The summed E-state index contributed by atoms with van der Waals surface area (Å²) in [6, 6.07) is 8.65. The molecule has 0 saturated heterocycles. The second-order valence-corrected chi connectivity index (χ2v) is 6.13. The van der Waals surface area contributed by atoms with Crippen molar-refractivity contribution in [2.45, 2.75) is 57.9 Å². The quantitative estimate of drug-likeness (QED) is 0.771. The van der Waals surface area contributed by atoms with E-state index < -0.39 is 0 Å². The Balaban J connectivity index is 1.80. The Bertz CT molecular complexity index is 452. The summed E-state index contributed by atoms with van der Waals surface area (Å²) >= 11 is 0. The van der Waals surface area contributed by atoms with Gasteiger partial charge >= 0.3 is 0 Å². The molecule has 2 unspecified atom stereocenters. The molecule has 116 valence electrons. The summed E-state index contributed by atoms with van der Waals surface area (Å²) < 4.78 is 0. The van der Waals surface area contributed by atoms with Crippen LogP contribution in [-0.4, -0.2) is 12.5 Å². The van der Waals surface area contributed by atoms with Gasteiger partial charge in [0.15, 0.2) is 0 Å². The normalized spacial score (nSPS) is 18.3. The molecule has 1 aromatic carbocycles. The fraction of sp³-hybridized carbons (Fsp3) is 0.611. The summed E-state index contributed by atoms with van der Waals surface area (Å²) in [5, 5.41) is 3.20. The lowest BCUT2D eigenvalue weighted by atomic mass is 9.94. The van der Waals surface area contributed by atoms with Crippen LogP contribution in [0.3, 0.4) is 0 Å². The van der Waals surface area contributed by atoms with Crippen molar-refractivity contribution in [1.29, 1.82) is 0 Å². The zero-order chi connectivity index (χ0) is 15.1. The molecule has 1 aliphatic carbocycles. The molecule has 0 aromatic heterocycles. The van der Waals surface area contributed by atoms with E-state index in [1.807, 2.05) is 0 Å². The number of carbonyl (C=O) groups excluding carboxylic acids is 1. The molecule has 0 aliphatic heterocycles. The molecular formula is C18H28N2O. The predicted octanol–water partition coefficient (Wildman–Crippen LogP) is 3.34. The van der Waals surface area contributed by atoms with E-state index in [2.05, 4.69) is 36.5 Å². The first kappa shape index (κ1) is 16.0. The van der Waals surface area contributed by atoms with Crippen LogP contribution in [0.4, 0.5) is 0 Å². The van der Waals surface area contributed by atoms with Crippen LogP contribution in [0.2, 0.25) is 0 Å². The Morgan fingerprint density at radius 2 is 2.14 bits per heavy atom. The maximum Gasteiger partial charge on any atom is 0.220 e. The fourth-order valence-corrected chi connectivity index (χ4v) is 3.39. The Hall–Kier alpha value is -1.35. The highest BCUT2D eigenvalue weighted by atomic mass is 16.1. The van der Waals surface area contributed by atoms with Crippen LogP contribution in [0.5, 0.6) is 0 Å². The van der Waals surface area contributed by atoms with Gasteiger partial charge in [-0.2, -0.15) is 0 Å². The summed E-state index contributed by atoms with van der Waals surface area (Å²) in [7, 11) is 0. The number of nitrogens with one attached hydrogen (secondary N) is 1. The monoisotopic (exact) mass is 288 g/mol. The third-order valence-electron chi connectivity index (χ3n) is 4.52. The number of carbonyl (C=O) groups is 1. The summed E-state index contributed by atoms with van der Waals surface area (Å²) in [5.41, 5.74) is 8.34. The zero-order valence-corrected chi connectivity index (χ0v) is 13.1. The summed E-state index contributed by atoms with van der Waals surface area (Å²) in [4.78, 5) is 12.2. The molecule has 0 saturated carbocycles. The van der Waals surface area contributed by atoms with Crippen LogP contribution in [-0.2, 0) is 11.2 Å². The van der Waals surface area contributed by atoms with Gasteiger partial charge in [-0.1, -0.05) is 44.0 Å². The van der Waals surface area contributed by atoms with E-state index >= 15 is 0 Å². The van der Waals surface area contributed by atoms with E-state index in [1.54, 1.807) is 0 Å². The molecule has 1 aliphatic rings. The molecule has 1 amide bonds. The average molecular weight is 288 g/mol. The average Bonchev–Trinajstić information content (AvgIpc) is 2.89. The minimum absolute atomic E-state index is 0.190. The number of rotatable bonds is 8. The maximum atomic E-state index is 12.2. The summed E-state index contributed by atoms with van der Waals surface area (Å²) in [6.45, 7) is 2.92. The largest absolute Gasteiger partial charge is 0.349 e. The smallest absolute Gasteiger partial charge is 0.220 e. The van der Waals surface area contributed by atoms with Gasteiger partial charge in [0.05, 0.1) is 6.04 Å². The number of fused-ring (bicyclic) bond motifs is 1. The van der Waals surface area contributed by atoms with Gasteiger partial charge in [0.25, 0.3) is 0 Å². The molecule has 2 atom stereocenters.